The highest BCUT2D eigenvalue weighted by atomic mass is 16.2. The standard InChI is InChI=1S/C15H26N2O2/c1-5-8-10-17-13(11(4)7-3)14(18)16-12(9-6-2)15(17)19/h5,8,11-13H,6-7,9-10H2,1-4H3,(H,16,18)/b8-5+. The molecule has 1 aliphatic heterocycles. The second kappa shape index (κ2) is 7.31. The molecule has 2 amide bonds. The lowest BCUT2D eigenvalue weighted by Gasteiger charge is -2.41. The maximum atomic E-state index is 12.5. The topological polar surface area (TPSA) is 49.4 Å². The Morgan fingerprint density at radius 1 is 1.37 bits per heavy atom. The summed E-state index contributed by atoms with van der Waals surface area (Å²) in [6.07, 6.45) is 6.35. The van der Waals surface area contributed by atoms with Crippen molar-refractivity contribution in [1.29, 1.82) is 0 Å². The SMILES string of the molecule is C/C=C/CN1C(=O)C(CCC)NC(=O)C1C(C)CC. The van der Waals surface area contributed by atoms with Crippen LogP contribution in [0.15, 0.2) is 12.2 Å². The van der Waals surface area contributed by atoms with E-state index in [1.165, 1.54) is 0 Å². The van der Waals surface area contributed by atoms with Gasteiger partial charge in [-0.2, -0.15) is 0 Å². The van der Waals surface area contributed by atoms with E-state index in [1.807, 2.05) is 39.8 Å². The minimum absolute atomic E-state index is 0.00287. The molecule has 3 atom stereocenters. The Kier molecular flexibility index (Phi) is 6.06. The van der Waals surface area contributed by atoms with Crippen molar-refractivity contribution in [3.8, 4) is 0 Å². The van der Waals surface area contributed by atoms with E-state index < -0.39 is 0 Å². The van der Waals surface area contributed by atoms with Gasteiger partial charge in [-0.1, -0.05) is 45.8 Å². The quantitative estimate of drug-likeness (QED) is 0.749. The lowest BCUT2D eigenvalue weighted by atomic mass is 9.92. The molecule has 0 aliphatic carbocycles. The van der Waals surface area contributed by atoms with E-state index in [4.69, 9.17) is 0 Å². The van der Waals surface area contributed by atoms with Crippen molar-refractivity contribution >= 4 is 11.8 Å². The Labute approximate surface area is 116 Å². The summed E-state index contributed by atoms with van der Waals surface area (Å²) >= 11 is 0. The molecule has 0 aromatic heterocycles. The Bertz CT molecular complexity index is 352. The molecule has 108 valence electrons. The van der Waals surface area contributed by atoms with Gasteiger partial charge in [0.05, 0.1) is 0 Å². The molecule has 0 bridgehead atoms. The summed E-state index contributed by atoms with van der Waals surface area (Å²) in [4.78, 5) is 26.5. The van der Waals surface area contributed by atoms with Crippen LogP contribution in [0.2, 0.25) is 0 Å². The molecule has 0 aromatic rings. The normalized spacial score (nSPS) is 25.8. The summed E-state index contributed by atoms with van der Waals surface area (Å²) in [6, 6.07) is -0.676. The molecular formula is C15H26N2O2. The van der Waals surface area contributed by atoms with Gasteiger partial charge in [-0.3, -0.25) is 9.59 Å². The summed E-state index contributed by atoms with van der Waals surface area (Å²) in [5, 5.41) is 2.88. The van der Waals surface area contributed by atoms with Gasteiger partial charge in [-0.15, -0.1) is 0 Å². The third-order valence-corrected chi connectivity index (χ3v) is 3.80. The Morgan fingerprint density at radius 2 is 2.05 bits per heavy atom. The van der Waals surface area contributed by atoms with Crippen molar-refractivity contribution in [2.75, 3.05) is 6.54 Å². The lowest BCUT2D eigenvalue weighted by molar-refractivity contribution is -0.150. The van der Waals surface area contributed by atoms with E-state index in [-0.39, 0.29) is 29.8 Å². The van der Waals surface area contributed by atoms with Crippen LogP contribution in [0.25, 0.3) is 0 Å². The number of hydrogen-bond donors (Lipinski definition) is 1. The number of carbonyl (C=O) groups is 2. The second-order valence-electron chi connectivity index (χ2n) is 5.24. The predicted molar refractivity (Wildman–Crippen MR) is 76.6 cm³/mol. The molecule has 0 radical (unpaired) electrons. The van der Waals surface area contributed by atoms with E-state index in [1.54, 1.807) is 4.90 Å². The van der Waals surface area contributed by atoms with Crippen molar-refractivity contribution in [1.82, 2.24) is 10.2 Å². The summed E-state index contributed by atoms with van der Waals surface area (Å²) in [5.74, 6) is 0.235. The smallest absolute Gasteiger partial charge is 0.246 e. The molecule has 0 saturated carbocycles. The number of hydrogen-bond acceptors (Lipinski definition) is 2. The molecule has 19 heavy (non-hydrogen) atoms. The van der Waals surface area contributed by atoms with E-state index >= 15 is 0 Å². The van der Waals surface area contributed by atoms with Crippen LogP contribution in [0.3, 0.4) is 0 Å². The zero-order chi connectivity index (χ0) is 14.4. The molecule has 1 saturated heterocycles. The zero-order valence-corrected chi connectivity index (χ0v) is 12.5. The number of allylic oxidation sites excluding steroid dienone is 1. The highest BCUT2D eigenvalue weighted by molar-refractivity contribution is 5.97. The third kappa shape index (κ3) is 3.58. The van der Waals surface area contributed by atoms with Gasteiger partial charge in [0.25, 0.3) is 0 Å². The van der Waals surface area contributed by atoms with E-state index in [0.717, 1.165) is 12.8 Å². The molecule has 1 heterocycles. The summed E-state index contributed by atoms with van der Waals surface area (Å²) < 4.78 is 0. The van der Waals surface area contributed by atoms with Crippen LogP contribution in [-0.4, -0.2) is 35.3 Å². The first-order valence-corrected chi connectivity index (χ1v) is 7.28. The van der Waals surface area contributed by atoms with E-state index in [0.29, 0.717) is 13.0 Å². The van der Waals surface area contributed by atoms with Gasteiger partial charge in [0.2, 0.25) is 11.8 Å². The molecule has 1 aliphatic rings. The molecule has 1 rings (SSSR count). The Hall–Kier alpha value is -1.32. The average molecular weight is 266 g/mol. The maximum absolute atomic E-state index is 12.5. The molecule has 3 unspecified atom stereocenters. The fraction of sp³-hybridized carbons (Fsp3) is 0.733. The second-order valence-corrected chi connectivity index (χ2v) is 5.24. The number of nitrogens with one attached hydrogen (secondary N) is 1. The number of nitrogens with zero attached hydrogens (tertiary/aromatic N) is 1. The first-order chi connectivity index (χ1) is 9.06. The fourth-order valence-corrected chi connectivity index (χ4v) is 2.49. The fourth-order valence-electron chi connectivity index (χ4n) is 2.49. The third-order valence-electron chi connectivity index (χ3n) is 3.80. The van der Waals surface area contributed by atoms with Gasteiger partial charge in [-0.25, -0.2) is 0 Å². The monoisotopic (exact) mass is 266 g/mol. The summed E-state index contributed by atoms with van der Waals surface area (Å²) in [5.41, 5.74) is 0. The summed E-state index contributed by atoms with van der Waals surface area (Å²) in [6.45, 7) is 8.56. The molecule has 4 nitrogen and oxygen atoms in total. The van der Waals surface area contributed by atoms with E-state index in [2.05, 4.69) is 5.32 Å². The maximum Gasteiger partial charge on any atom is 0.246 e. The largest absolute Gasteiger partial charge is 0.342 e. The van der Waals surface area contributed by atoms with Crippen molar-refractivity contribution in [3.05, 3.63) is 12.2 Å². The number of piperazine rings is 1. The number of amides is 2. The van der Waals surface area contributed by atoms with Crippen molar-refractivity contribution in [2.24, 2.45) is 5.92 Å². The average Bonchev–Trinajstić information content (AvgIpc) is 2.40. The van der Waals surface area contributed by atoms with Crippen LogP contribution < -0.4 is 5.32 Å². The van der Waals surface area contributed by atoms with Crippen LogP contribution in [0, 0.1) is 5.92 Å². The minimum Gasteiger partial charge on any atom is -0.342 e. The van der Waals surface area contributed by atoms with Gasteiger partial charge < -0.3 is 10.2 Å². The molecule has 0 spiro atoms. The molecule has 1 N–H and O–H groups in total. The Balaban J connectivity index is 2.96. The zero-order valence-electron chi connectivity index (χ0n) is 12.5. The molecule has 4 heteroatoms. The van der Waals surface area contributed by atoms with Crippen molar-refractivity contribution < 1.29 is 9.59 Å². The van der Waals surface area contributed by atoms with Gasteiger partial charge >= 0.3 is 0 Å². The first-order valence-electron chi connectivity index (χ1n) is 7.28. The number of rotatable bonds is 6. The highest BCUT2D eigenvalue weighted by Crippen LogP contribution is 2.21. The molecule has 0 aromatic carbocycles. The lowest BCUT2D eigenvalue weighted by Crippen LogP contribution is -2.64. The van der Waals surface area contributed by atoms with Crippen molar-refractivity contribution in [2.45, 2.75) is 59.0 Å². The van der Waals surface area contributed by atoms with Gasteiger partial charge in [0.15, 0.2) is 0 Å². The molecular weight excluding hydrogens is 240 g/mol. The van der Waals surface area contributed by atoms with Gasteiger partial charge in [-0.05, 0) is 19.3 Å². The van der Waals surface area contributed by atoms with Crippen LogP contribution in [-0.2, 0) is 9.59 Å². The summed E-state index contributed by atoms with van der Waals surface area (Å²) in [7, 11) is 0. The number of carbonyl (C=O) groups excluding carboxylic acids is 2. The highest BCUT2D eigenvalue weighted by Gasteiger charge is 2.41. The van der Waals surface area contributed by atoms with Crippen LogP contribution in [0.1, 0.15) is 47.0 Å². The Morgan fingerprint density at radius 3 is 2.58 bits per heavy atom. The van der Waals surface area contributed by atoms with Gasteiger partial charge in [0.1, 0.15) is 12.1 Å². The van der Waals surface area contributed by atoms with Crippen LogP contribution in [0.4, 0.5) is 0 Å². The van der Waals surface area contributed by atoms with E-state index in [9.17, 15) is 9.59 Å². The van der Waals surface area contributed by atoms with Crippen LogP contribution in [0.5, 0.6) is 0 Å². The minimum atomic E-state index is -0.344. The first kappa shape index (κ1) is 15.7. The van der Waals surface area contributed by atoms with Crippen LogP contribution >= 0.6 is 0 Å². The molecule has 1 fully saturated rings. The van der Waals surface area contributed by atoms with Crippen molar-refractivity contribution in [3.63, 3.8) is 0 Å². The van der Waals surface area contributed by atoms with Gasteiger partial charge in [0, 0.05) is 6.54 Å². The predicted octanol–water partition coefficient (Wildman–Crippen LogP) is 2.10.